The van der Waals surface area contributed by atoms with E-state index >= 15 is 0 Å². The lowest BCUT2D eigenvalue weighted by Gasteiger charge is -2.37. The van der Waals surface area contributed by atoms with Gasteiger partial charge in [0.15, 0.2) is 0 Å². The summed E-state index contributed by atoms with van der Waals surface area (Å²) in [4.78, 5) is -0.531. The van der Waals surface area contributed by atoms with E-state index in [1.54, 1.807) is 6.92 Å². The van der Waals surface area contributed by atoms with Crippen molar-refractivity contribution in [1.82, 2.24) is 4.31 Å². The molecule has 1 aromatic carbocycles. The van der Waals surface area contributed by atoms with Crippen molar-refractivity contribution in [3.8, 4) is 0 Å². The number of hydrogen-bond acceptors (Lipinski definition) is 3. The first-order chi connectivity index (χ1) is 9.75. The van der Waals surface area contributed by atoms with Crippen molar-refractivity contribution in [1.29, 1.82) is 0 Å². The van der Waals surface area contributed by atoms with Crippen LogP contribution in [-0.4, -0.2) is 31.4 Å². The van der Waals surface area contributed by atoms with Gasteiger partial charge in [-0.3, -0.25) is 0 Å². The van der Waals surface area contributed by atoms with E-state index in [1.807, 2.05) is 0 Å². The van der Waals surface area contributed by atoms with Gasteiger partial charge in [0, 0.05) is 29.2 Å². The molecule has 2 unspecified atom stereocenters. The van der Waals surface area contributed by atoms with Crippen molar-refractivity contribution in [2.45, 2.75) is 43.2 Å². The number of nitrogens with zero attached hydrogens (tertiary/aromatic N) is 1. The zero-order valence-electron chi connectivity index (χ0n) is 11.5. The highest BCUT2D eigenvalue weighted by Crippen LogP contribution is 2.32. The highest BCUT2D eigenvalue weighted by Gasteiger charge is 2.38. The smallest absolute Gasteiger partial charge is 0.247 e. The van der Waals surface area contributed by atoms with Gasteiger partial charge in [0.05, 0.1) is 0 Å². The summed E-state index contributed by atoms with van der Waals surface area (Å²) in [6.45, 7) is 2.02. The molecule has 1 aromatic rings. The number of sulfonamides is 1. The topological polar surface area (TPSA) is 63.4 Å². The van der Waals surface area contributed by atoms with E-state index in [-0.39, 0.29) is 23.1 Å². The molecule has 1 aliphatic rings. The third-order valence-electron chi connectivity index (χ3n) is 3.63. The Morgan fingerprint density at radius 3 is 2.62 bits per heavy atom. The summed E-state index contributed by atoms with van der Waals surface area (Å²) in [7, 11) is -4.07. The fourth-order valence-electron chi connectivity index (χ4n) is 2.65. The van der Waals surface area contributed by atoms with Crippen LogP contribution in [0.5, 0.6) is 0 Å². The summed E-state index contributed by atoms with van der Waals surface area (Å²) in [6, 6.07) is 0.783. The van der Waals surface area contributed by atoms with E-state index in [2.05, 4.69) is 15.9 Å². The standard InChI is InChI=1S/C13H17BrF2N2O2S/c1-8(17)12-4-2-3-5-18(12)21(19,20)13-10(14)6-9(15)7-11(13)16/h6-8,12H,2-5,17H2,1H3. The van der Waals surface area contributed by atoms with Gasteiger partial charge in [-0.1, -0.05) is 6.42 Å². The second kappa shape index (κ2) is 6.28. The van der Waals surface area contributed by atoms with Crippen LogP contribution in [0.4, 0.5) is 8.78 Å². The van der Waals surface area contributed by atoms with E-state index in [0.717, 1.165) is 12.5 Å². The Morgan fingerprint density at radius 1 is 1.38 bits per heavy atom. The lowest BCUT2D eigenvalue weighted by atomic mass is 10.00. The van der Waals surface area contributed by atoms with Gasteiger partial charge in [-0.15, -0.1) is 0 Å². The van der Waals surface area contributed by atoms with E-state index < -0.39 is 26.6 Å². The Balaban J connectivity index is 2.51. The average Bonchev–Trinajstić information content (AvgIpc) is 2.37. The van der Waals surface area contributed by atoms with Crippen LogP contribution < -0.4 is 5.73 Å². The minimum Gasteiger partial charge on any atom is -0.326 e. The zero-order chi connectivity index (χ0) is 15.8. The first-order valence-corrected chi connectivity index (χ1v) is 8.90. The van der Waals surface area contributed by atoms with Crippen LogP contribution in [0.15, 0.2) is 21.5 Å². The molecule has 1 aliphatic heterocycles. The van der Waals surface area contributed by atoms with Gasteiger partial charge in [0.25, 0.3) is 0 Å². The van der Waals surface area contributed by atoms with E-state index in [1.165, 1.54) is 4.31 Å². The molecule has 2 atom stereocenters. The minimum absolute atomic E-state index is 0.117. The molecule has 2 N–H and O–H groups in total. The molecule has 4 nitrogen and oxygen atoms in total. The molecular weight excluding hydrogens is 366 g/mol. The molecule has 0 spiro atoms. The molecule has 21 heavy (non-hydrogen) atoms. The molecule has 1 fully saturated rings. The highest BCUT2D eigenvalue weighted by atomic mass is 79.9. The van der Waals surface area contributed by atoms with Crippen molar-refractivity contribution in [2.75, 3.05) is 6.54 Å². The van der Waals surface area contributed by atoms with Gasteiger partial charge in [-0.2, -0.15) is 4.31 Å². The summed E-state index contributed by atoms with van der Waals surface area (Å²) in [5.41, 5.74) is 5.86. The van der Waals surface area contributed by atoms with Gasteiger partial charge >= 0.3 is 0 Å². The average molecular weight is 383 g/mol. The number of piperidine rings is 1. The maximum absolute atomic E-state index is 14.0. The van der Waals surface area contributed by atoms with Crippen LogP contribution >= 0.6 is 15.9 Å². The predicted molar refractivity (Wildman–Crippen MR) is 79.2 cm³/mol. The number of benzene rings is 1. The van der Waals surface area contributed by atoms with Crippen molar-refractivity contribution in [3.05, 3.63) is 28.2 Å². The molecule has 0 bridgehead atoms. The molecule has 1 heterocycles. The van der Waals surface area contributed by atoms with E-state index in [9.17, 15) is 17.2 Å². The normalized spacial score (nSPS) is 22.2. The van der Waals surface area contributed by atoms with Gasteiger partial charge in [0.1, 0.15) is 16.5 Å². The molecule has 0 aliphatic carbocycles. The Kier molecular flexibility index (Phi) is 5.02. The minimum atomic E-state index is -4.07. The van der Waals surface area contributed by atoms with Crippen LogP contribution in [0.25, 0.3) is 0 Å². The number of rotatable bonds is 3. The van der Waals surface area contributed by atoms with Crippen LogP contribution in [0.2, 0.25) is 0 Å². The summed E-state index contributed by atoms with van der Waals surface area (Å²) in [5, 5.41) is 0. The molecule has 1 saturated heterocycles. The van der Waals surface area contributed by atoms with Gasteiger partial charge in [-0.05, 0) is 41.8 Å². The lowest BCUT2D eigenvalue weighted by molar-refractivity contribution is 0.226. The summed E-state index contributed by atoms with van der Waals surface area (Å²) in [6.07, 6.45) is 2.21. The van der Waals surface area contributed by atoms with Crippen molar-refractivity contribution < 1.29 is 17.2 Å². The first-order valence-electron chi connectivity index (χ1n) is 6.67. The summed E-state index contributed by atoms with van der Waals surface area (Å²) < 4.78 is 53.7. The molecule has 8 heteroatoms. The Labute approximate surface area is 131 Å². The van der Waals surface area contributed by atoms with Gasteiger partial charge < -0.3 is 5.73 Å². The van der Waals surface area contributed by atoms with Crippen LogP contribution in [0, 0.1) is 11.6 Å². The molecule has 0 aromatic heterocycles. The predicted octanol–water partition coefficient (Wildman–Crippen LogP) is 2.62. The molecule has 0 saturated carbocycles. The summed E-state index contributed by atoms with van der Waals surface area (Å²) in [5.74, 6) is -1.93. The SMILES string of the molecule is CC(N)C1CCCCN1S(=O)(=O)c1c(F)cc(F)cc1Br. The van der Waals surface area contributed by atoms with Crippen molar-refractivity contribution in [2.24, 2.45) is 5.73 Å². The second-order valence-electron chi connectivity index (χ2n) is 5.24. The van der Waals surface area contributed by atoms with Gasteiger partial charge in [0.2, 0.25) is 10.0 Å². The number of hydrogen-bond donors (Lipinski definition) is 1. The Bertz CT molecular complexity index is 614. The molecule has 0 radical (unpaired) electrons. The largest absolute Gasteiger partial charge is 0.326 e. The summed E-state index contributed by atoms with van der Waals surface area (Å²) >= 11 is 2.94. The van der Waals surface area contributed by atoms with Crippen LogP contribution in [0.3, 0.4) is 0 Å². The van der Waals surface area contributed by atoms with E-state index in [4.69, 9.17) is 5.73 Å². The molecular formula is C13H17BrF2N2O2S. The molecule has 0 amide bonds. The zero-order valence-corrected chi connectivity index (χ0v) is 13.9. The molecule has 2 rings (SSSR count). The maximum Gasteiger partial charge on any atom is 0.247 e. The van der Waals surface area contributed by atoms with Gasteiger partial charge in [-0.25, -0.2) is 17.2 Å². The fraction of sp³-hybridized carbons (Fsp3) is 0.538. The first kappa shape index (κ1) is 16.8. The Morgan fingerprint density at radius 2 is 2.05 bits per heavy atom. The molecule has 118 valence electrons. The number of nitrogens with two attached hydrogens (primary N) is 1. The monoisotopic (exact) mass is 382 g/mol. The third-order valence-corrected chi connectivity index (χ3v) is 6.52. The lowest BCUT2D eigenvalue weighted by Crippen LogP contribution is -2.51. The number of halogens is 3. The van der Waals surface area contributed by atoms with Crippen molar-refractivity contribution >= 4 is 26.0 Å². The quantitative estimate of drug-likeness (QED) is 0.873. The maximum atomic E-state index is 14.0. The third kappa shape index (κ3) is 3.28. The van der Waals surface area contributed by atoms with Crippen molar-refractivity contribution in [3.63, 3.8) is 0 Å². The second-order valence-corrected chi connectivity index (χ2v) is 7.92. The Hall–Kier alpha value is -0.570. The highest BCUT2D eigenvalue weighted by molar-refractivity contribution is 9.10. The van der Waals surface area contributed by atoms with E-state index in [0.29, 0.717) is 18.9 Å². The van der Waals surface area contributed by atoms with Crippen LogP contribution in [0.1, 0.15) is 26.2 Å². The fourth-order valence-corrected chi connectivity index (χ4v) is 5.54. The van der Waals surface area contributed by atoms with Crippen LogP contribution in [-0.2, 0) is 10.0 Å².